The Balaban J connectivity index is 1.65. The number of carbonyl (C=O) groups is 1. The van der Waals surface area contributed by atoms with E-state index in [4.69, 9.17) is 11.6 Å². The molecule has 0 atom stereocenters. The zero-order chi connectivity index (χ0) is 18.3. The number of fused-ring (bicyclic) bond motifs is 1. The third-order valence-electron chi connectivity index (χ3n) is 3.95. The predicted molar refractivity (Wildman–Crippen MR) is 108 cm³/mol. The van der Waals surface area contributed by atoms with E-state index in [9.17, 15) is 4.79 Å². The standard InChI is InChI=1S/C18H15ClN4OS2/c1-10-9-25-18(20-10)21-16(24)15-7-13-11(2)22-23(17(13)26-15)8-12-5-3-4-6-14(12)19/h3-7,9H,8H2,1-2H3,(H,20,21,24). The molecule has 0 saturated heterocycles. The summed E-state index contributed by atoms with van der Waals surface area (Å²) < 4.78 is 1.90. The average molecular weight is 403 g/mol. The average Bonchev–Trinajstić information content (AvgIpc) is 3.28. The molecule has 0 saturated carbocycles. The van der Waals surface area contributed by atoms with E-state index in [1.54, 1.807) is 0 Å². The molecular weight excluding hydrogens is 388 g/mol. The molecule has 8 heteroatoms. The van der Waals surface area contributed by atoms with Crippen LogP contribution in [-0.2, 0) is 6.54 Å². The van der Waals surface area contributed by atoms with Crippen LogP contribution in [0.3, 0.4) is 0 Å². The number of amides is 1. The van der Waals surface area contributed by atoms with Gasteiger partial charge in [0.25, 0.3) is 5.91 Å². The summed E-state index contributed by atoms with van der Waals surface area (Å²) in [5, 5.41) is 11.7. The minimum atomic E-state index is -0.149. The molecule has 3 heterocycles. The van der Waals surface area contributed by atoms with Gasteiger partial charge in [0.2, 0.25) is 0 Å². The number of aryl methyl sites for hydroxylation is 2. The Kier molecular flexibility index (Phi) is 4.52. The Labute approximate surface area is 163 Å². The van der Waals surface area contributed by atoms with Crippen LogP contribution in [0.1, 0.15) is 26.6 Å². The first-order valence-corrected chi connectivity index (χ1v) is 10.0. The monoisotopic (exact) mass is 402 g/mol. The largest absolute Gasteiger partial charge is 0.297 e. The molecular formula is C18H15ClN4OS2. The maximum atomic E-state index is 12.5. The maximum absolute atomic E-state index is 12.5. The van der Waals surface area contributed by atoms with Gasteiger partial charge in [0.15, 0.2) is 5.13 Å². The van der Waals surface area contributed by atoms with Gasteiger partial charge in [-0.15, -0.1) is 22.7 Å². The lowest BCUT2D eigenvalue weighted by atomic mass is 10.2. The number of hydrogen-bond donors (Lipinski definition) is 1. The molecule has 0 bridgehead atoms. The van der Waals surface area contributed by atoms with E-state index < -0.39 is 0 Å². The van der Waals surface area contributed by atoms with Gasteiger partial charge in [-0.05, 0) is 31.5 Å². The third kappa shape index (κ3) is 3.25. The summed E-state index contributed by atoms with van der Waals surface area (Å²) in [6.07, 6.45) is 0. The zero-order valence-corrected chi connectivity index (χ0v) is 16.5. The Morgan fingerprint density at radius 1 is 1.31 bits per heavy atom. The fourth-order valence-corrected chi connectivity index (χ4v) is 4.62. The van der Waals surface area contributed by atoms with Gasteiger partial charge < -0.3 is 0 Å². The van der Waals surface area contributed by atoms with Crippen LogP contribution in [0.25, 0.3) is 10.2 Å². The highest BCUT2D eigenvalue weighted by Crippen LogP contribution is 2.30. The van der Waals surface area contributed by atoms with Gasteiger partial charge in [-0.1, -0.05) is 29.8 Å². The molecule has 26 heavy (non-hydrogen) atoms. The molecule has 3 aromatic heterocycles. The van der Waals surface area contributed by atoms with Gasteiger partial charge in [-0.3, -0.25) is 14.8 Å². The fourth-order valence-electron chi connectivity index (χ4n) is 2.69. The Bertz CT molecular complexity index is 1110. The van der Waals surface area contributed by atoms with Crippen molar-refractivity contribution >= 4 is 55.5 Å². The molecule has 132 valence electrons. The Hall–Kier alpha value is -2.22. The van der Waals surface area contributed by atoms with E-state index in [1.165, 1.54) is 22.7 Å². The molecule has 4 rings (SSSR count). The van der Waals surface area contributed by atoms with Crippen molar-refractivity contribution in [2.45, 2.75) is 20.4 Å². The van der Waals surface area contributed by atoms with Crippen LogP contribution in [0, 0.1) is 13.8 Å². The summed E-state index contributed by atoms with van der Waals surface area (Å²) in [6.45, 7) is 4.42. The van der Waals surface area contributed by atoms with E-state index in [-0.39, 0.29) is 5.91 Å². The van der Waals surface area contributed by atoms with Gasteiger partial charge in [0, 0.05) is 15.8 Å². The van der Waals surface area contributed by atoms with Crippen LogP contribution in [0.2, 0.25) is 5.02 Å². The first kappa shape index (κ1) is 17.2. The summed E-state index contributed by atoms with van der Waals surface area (Å²) in [7, 11) is 0. The van der Waals surface area contributed by atoms with Crippen molar-refractivity contribution in [1.29, 1.82) is 0 Å². The normalized spacial score (nSPS) is 11.2. The Morgan fingerprint density at radius 3 is 2.85 bits per heavy atom. The van der Waals surface area contributed by atoms with Crippen molar-refractivity contribution < 1.29 is 4.79 Å². The van der Waals surface area contributed by atoms with Crippen LogP contribution in [0.4, 0.5) is 5.13 Å². The number of aromatic nitrogens is 3. The summed E-state index contributed by atoms with van der Waals surface area (Å²) in [5.41, 5.74) is 2.79. The maximum Gasteiger partial charge on any atom is 0.267 e. The van der Waals surface area contributed by atoms with Crippen molar-refractivity contribution in [1.82, 2.24) is 14.8 Å². The molecule has 0 radical (unpaired) electrons. The summed E-state index contributed by atoms with van der Waals surface area (Å²) in [5.74, 6) is -0.149. The topological polar surface area (TPSA) is 59.8 Å². The highest BCUT2D eigenvalue weighted by molar-refractivity contribution is 7.20. The number of thiazole rings is 1. The van der Waals surface area contributed by atoms with Crippen LogP contribution >= 0.6 is 34.3 Å². The van der Waals surface area contributed by atoms with Crippen LogP contribution in [0.5, 0.6) is 0 Å². The minimum Gasteiger partial charge on any atom is -0.297 e. The molecule has 0 unspecified atom stereocenters. The molecule has 0 aliphatic carbocycles. The lowest BCUT2D eigenvalue weighted by Crippen LogP contribution is -2.09. The number of anilines is 1. The molecule has 0 aliphatic rings. The van der Waals surface area contributed by atoms with Gasteiger partial charge in [0.1, 0.15) is 4.83 Å². The molecule has 0 spiro atoms. The smallest absolute Gasteiger partial charge is 0.267 e. The van der Waals surface area contributed by atoms with E-state index in [0.29, 0.717) is 21.6 Å². The first-order chi connectivity index (χ1) is 12.5. The predicted octanol–water partition coefficient (Wildman–Crippen LogP) is 5.13. The van der Waals surface area contributed by atoms with Crippen molar-refractivity contribution in [3.05, 3.63) is 62.6 Å². The number of nitrogens with one attached hydrogen (secondary N) is 1. The van der Waals surface area contributed by atoms with E-state index in [0.717, 1.165) is 27.2 Å². The van der Waals surface area contributed by atoms with Crippen molar-refractivity contribution in [3.8, 4) is 0 Å². The highest BCUT2D eigenvalue weighted by Gasteiger charge is 2.17. The number of rotatable bonds is 4. The van der Waals surface area contributed by atoms with Crippen LogP contribution in [0.15, 0.2) is 35.7 Å². The second-order valence-electron chi connectivity index (χ2n) is 5.91. The minimum absolute atomic E-state index is 0.149. The summed E-state index contributed by atoms with van der Waals surface area (Å²) in [6, 6.07) is 9.61. The van der Waals surface area contributed by atoms with E-state index in [1.807, 2.05) is 54.2 Å². The molecule has 1 amide bonds. The highest BCUT2D eigenvalue weighted by atomic mass is 35.5. The van der Waals surface area contributed by atoms with Gasteiger partial charge in [-0.2, -0.15) is 5.10 Å². The van der Waals surface area contributed by atoms with Gasteiger partial charge in [0.05, 0.1) is 22.8 Å². The number of carbonyl (C=O) groups excluding carboxylic acids is 1. The molecule has 0 aliphatic heterocycles. The number of benzene rings is 1. The molecule has 1 N–H and O–H groups in total. The molecule has 0 fully saturated rings. The second-order valence-corrected chi connectivity index (χ2v) is 8.21. The van der Waals surface area contributed by atoms with E-state index in [2.05, 4.69) is 15.4 Å². The van der Waals surface area contributed by atoms with Crippen LogP contribution < -0.4 is 5.32 Å². The SMILES string of the molecule is Cc1csc(NC(=O)c2cc3c(C)nn(Cc4ccccc4Cl)c3s2)n1. The third-order valence-corrected chi connectivity index (χ3v) is 6.34. The lowest BCUT2D eigenvalue weighted by molar-refractivity contribution is 0.103. The summed E-state index contributed by atoms with van der Waals surface area (Å²) in [4.78, 5) is 18.4. The zero-order valence-electron chi connectivity index (χ0n) is 14.1. The Morgan fingerprint density at radius 2 is 2.12 bits per heavy atom. The van der Waals surface area contributed by atoms with Crippen molar-refractivity contribution in [3.63, 3.8) is 0 Å². The molecule has 1 aromatic carbocycles. The lowest BCUT2D eigenvalue weighted by Gasteiger charge is -2.05. The summed E-state index contributed by atoms with van der Waals surface area (Å²) >= 11 is 9.12. The fraction of sp³-hybridized carbons (Fsp3) is 0.167. The first-order valence-electron chi connectivity index (χ1n) is 7.95. The van der Waals surface area contributed by atoms with Crippen molar-refractivity contribution in [2.24, 2.45) is 0 Å². The van der Waals surface area contributed by atoms with Gasteiger partial charge >= 0.3 is 0 Å². The van der Waals surface area contributed by atoms with Crippen LogP contribution in [-0.4, -0.2) is 20.7 Å². The number of thiophene rings is 1. The number of halogens is 1. The van der Waals surface area contributed by atoms with Gasteiger partial charge in [-0.25, -0.2) is 4.98 Å². The van der Waals surface area contributed by atoms with E-state index >= 15 is 0 Å². The number of nitrogens with zero attached hydrogens (tertiary/aromatic N) is 3. The second kappa shape index (κ2) is 6.83. The quantitative estimate of drug-likeness (QED) is 0.515. The molecule has 4 aromatic rings. The number of hydrogen-bond acceptors (Lipinski definition) is 5. The van der Waals surface area contributed by atoms with Crippen molar-refractivity contribution in [2.75, 3.05) is 5.32 Å². The molecule has 5 nitrogen and oxygen atoms in total.